The van der Waals surface area contributed by atoms with Gasteiger partial charge in [0.1, 0.15) is 0 Å². The number of hydrogen-bond donors (Lipinski definition) is 2. The Bertz CT molecular complexity index is 557. The number of anilines is 2. The number of carbonyl (C=O) groups is 1. The third kappa shape index (κ3) is 2.83. The first-order chi connectivity index (χ1) is 9.95. The van der Waals surface area contributed by atoms with Crippen LogP contribution in [-0.4, -0.2) is 38.7 Å². The molecule has 5 heteroatoms. The summed E-state index contributed by atoms with van der Waals surface area (Å²) in [4.78, 5) is 14.0. The van der Waals surface area contributed by atoms with Crippen molar-refractivity contribution >= 4 is 17.3 Å². The van der Waals surface area contributed by atoms with Crippen molar-refractivity contribution in [3.05, 3.63) is 17.7 Å². The Morgan fingerprint density at radius 1 is 1.19 bits per heavy atom. The van der Waals surface area contributed by atoms with Gasteiger partial charge in [-0.1, -0.05) is 20.8 Å². The minimum absolute atomic E-state index is 0.0278. The lowest BCUT2D eigenvalue weighted by atomic mass is 9.86. The van der Waals surface area contributed by atoms with Crippen LogP contribution < -0.4 is 20.3 Å². The quantitative estimate of drug-likeness (QED) is 0.826. The lowest BCUT2D eigenvalue weighted by molar-refractivity contribution is -0.118. The molecule has 5 nitrogen and oxygen atoms in total. The smallest absolute Gasteiger partial charge is 0.262 e. The zero-order valence-corrected chi connectivity index (χ0v) is 13.0. The van der Waals surface area contributed by atoms with E-state index < -0.39 is 0 Å². The molecule has 0 spiro atoms. The molecular weight excluding hydrogens is 266 g/mol. The Balaban J connectivity index is 2.07. The van der Waals surface area contributed by atoms with Gasteiger partial charge in [-0.15, -0.1) is 0 Å². The zero-order valence-electron chi connectivity index (χ0n) is 13.0. The number of benzene rings is 1. The summed E-state index contributed by atoms with van der Waals surface area (Å²) in [5, 5.41) is 6.31. The Labute approximate surface area is 125 Å². The summed E-state index contributed by atoms with van der Waals surface area (Å²) in [5.41, 5.74) is 3.13. The van der Waals surface area contributed by atoms with Gasteiger partial charge in [0.05, 0.1) is 11.4 Å². The van der Waals surface area contributed by atoms with Gasteiger partial charge in [-0.2, -0.15) is 0 Å². The van der Waals surface area contributed by atoms with Crippen LogP contribution in [-0.2, 0) is 10.2 Å². The molecule has 1 aromatic carbocycles. The molecule has 1 saturated heterocycles. The highest BCUT2D eigenvalue weighted by molar-refractivity contribution is 5.97. The fraction of sp³-hybridized carbons (Fsp3) is 0.562. The number of piperazine rings is 1. The lowest BCUT2D eigenvalue weighted by Crippen LogP contribution is -2.44. The third-order valence-corrected chi connectivity index (χ3v) is 4.01. The van der Waals surface area contributed by atoms with Crippen LogP contribution in [0, 0.1) is 0 Å². The van der Waals surface area contributed by atoms with Gasteiger partial charge in [0, 0.05) is 26.2 Å². The molecule has 114 valence electrons. The van der Waals surface area contributed by atoms with Crippen LogP contribution in [0.1, 0.15) is 26.3 Å². The highest BCUT2D eigenvalue weighted by Gasteiger charge is 2.27. The van der Waals surface area contributed by atoms with Crippen LogP contribution in [0.25, 0.3) is 0 Å². The summed E-state index contributed by atoms with van der Waals surface area (Å²) in [6, 6.07) is 4.25. The molecule has 0 bridgehead atoms. The Hall–Kier alpha value is -1.75. The van der Waals surface area contributed by atoms with Gasteiger partial charge in [-0.05, 0) is 23.1 Å². The van der Waals surface area contributed by atoms with E-state index in [-0.39, 0.29) is 17.9 Å². The van der Waals surface area contributed by atoms with Crippen molar-refractivity contribution in [2.75, 3.05) is 43.0 Å². The van der Waals surface area contributed by atoms with Crippen molar-refractivity contribution in [2.24, 2.45) is 0 Å². The molecule has 0 radical (unpaired) electrons. The van der Waals surface area contributed by atoms with E-state index in [0.717, 1.165) is 43.3 Å². The first-order valence-electron chi connectivity index (χ1n) is 7.52. The minimum atomic E-state index is -0.0835. The predicted octanol–water partition coefficient (Wildman–Crippen LogP) is 1.72. The van der Waals surface area contributed by atoms with E-state index >= 15 is 0 Å². The first kappa shape index (κ1) is 14.2. The maximum atomic E-state index is 11.6. The molecule has 1 fully saturated rings. The SMILES string of the molecule is CC(C)(C)c1cc2c(c(N3CCNCC3)c1)OCC(=O)N2. The van der Waals surface area contributed by atoms with Crippen LogP contribution in [0.4, 0.5) is 11.4 Å². The summed E-state index contributed by atoms with van der Waals surface area (Å²) in [6.45, 7) is 10.5. The molecule has 0 unspecified atom stereocenters. The number of rotatable bonds is 1. The second-order valence-electron chi connectivity index (χ2n) is 6.70. The molecule has 2 N–H and O–H groups in total. The monoisotopic (exact) mass is 289 g/mol. The summed E-state index contributed by atoms with van der Waals surface area (Å²) in [5.74, 6) is 0.726. The van der Waals surface area contributed by atoms with Crippen molar-refractivity contribution in [1.29, 1.82) is 0 Å². The second-order valence-corrected chi connectivity index (χ2v) is 6.70. The highest BCUT2D eigenvalue weighted by Crippen LogP contribution is 2.42. The zero-order chi connectivity index (χ0) is 15.0. The molecule has 1 amide bonds. The summed E-state index contributed by atoms with van der Waals surface area (Å²) >= 11 is 0. The maximum Gasteiger partial charge on any atom is 0.262 e. The largest absolute Gasteiger partial charge is 0.479 e. The van der Waals surface area contributed by atoms with Gasteiger partial charge >= 0.3 is 0 Å². The van der Waals surface area contributed by atoms with E-state index in [1.165, 1.54) is 5.56 Å². The van der Waals surface area contributed by atoms with Crippen LogP contribution in [0.3, 0.4) is 0 Å². The molecule has 1 aromatic rings. The van der Waals surface area contributed by atoms with Crippen molar-refractivity contribution < 1.29 is 9.53 Å². The second kappa shape index (κ2) is 5.22. The normalized spacial score (nSPS) is 18.8. The van der Waals surface area contributed by atoms with E-state index in [1.807, 2.05) is 6.07 Å². The lowest BCUT2D eigenvalue weighted by Gasteiger charge is -2.34. The van der Waals surface area contributed by atoms with Gasteiger partial charge in [-0.25, -0.2) is 0 Å². The van der Waals surface area contributed by atoms with E-state index in [1.54, 1.807) is 0 Å². The van der Waals surface area contributed by atoms with Gasteiger partial charge in [0.25, 0.3) is 5.91 Å². The standard InChI is InChI=1S/C16H23N3O2/c1-16(2,3)11-8-12-15(21-10-14(20)18-12)13(9-11)19-6-4-17-5-7-19/h8-9,17H,4-7,10H2,1-3H3,(H,18,20). The average Bonchev–Trinajstić information content (AvgIpc) is 2.45. The van der Waals surface area contributed by atoms with Gasteiger partial charge < -0.3 is 20.3 Å². The number of nitrogens with zero attached hydrogens (tertiary/aromatic N) is 1. The van der Waals surface area contributed by atoms with Crippen molar-refractivity contribution in [2.45, 2.75) is 26.2 Å². The van der Waals surface area contributed by atoms with Crippen molar-refractivity contribution in [1.82, 2.24) is 5.32 Å². The van der Waals surface area contributed by atoms with Crippen LogP contribution in [0.15, 0.2) is 12.1 Å². The van der Waals surface area contributed by atoms with E-state index in [9.17, 15) is 4.79 Å². The Kier molecular flexibility index (Phi) is 3.53. The van der Waals surface area contributed by atoms with E-state index in [2.05, 4.69) is 42.4 Å². The first-order valence-corrected chi connectivity index (χ1v) is 7.52. The number of fused-ring (bicyclic) bond motifs is 1. The molecule has 0 atom stereocenters. The molecule has 0 aromatic heterocycles. The molecule has 21 heavy (non-hydrogen) atoms. The number of carbonyl (C=O) groups excluding carboxylic acids is 1. The van der Waals surface area contributed by atoms with Gasteiger partial charge in [0.2, 0.25) is 0 Å². The predicted molar refractivity (Wildman–Crippen MR) is 84.3 cm³/mol. The molecular formula is C16H23N3O2. The molecule has 0 saturated carbocycles. The topological polar surface area (TPSA) is 53.6 Å². The van der Waals surface area contributed by atoms with Crippen molar-refractivity contribution in [3.8, 4) is 5.75 Å². The van der Waals surface area contributed by atoms with Crippen molar-refractivity contribution in [3.63, 3.8) is 0 Å². The summed E-state index contributed by atoms with van der Waals surface area (Å²) in [7, 11) is 0. The van der Waals surface area contributed by atoms with Gasteiger partial charge in [-0.3, -0.25) is 4.79 Å². The molecule has 0 aliphatic carbocycles. The minimum Gasteiger partial charge on any atom is -0.479 e. The molecule has 2 aliphatic heterocycles. The Morgan fingerprint density at radius 3 is 2.57 bits per heavy atom. The maximum absolute atomic E-state index is 11.6. The summed E-state index contributed by atoms with van der Waals surface area (Å²) in [6.07, 6.45) is 0. The number of ether oxygens (including phenoxy) is 1. The molecule has 2 aliphatic rings. The molecule has 2 heterocycles. The Morgan fingerprint density at radius 2 is 1.90 bits per heavy atom. The fourth-order valence-corrected chi connectivity index (χ4v) is 2.76. The van der Waals surface area contributed by atoms with Gasteiger partial charge in [0.15, 0.2) is 12.4 Å². The summed E-state index contributed by atoms with van der Waals surface area (Å²) < 4.78 is 5.71. The highest BCUT2D eigenvalue weighted by atomic mass is 16.5. The van der Waals surface area contributed by atoms with Crippen LogP contribution in [0.2, 0.25) is 0 Å². The van der Waals surface area contributed by atoms with E-state index in [0.29, 0.717) is 0 Å². The number of nitrogens with one attached hydrogen (secondary N) is 2. The van der Waals surface area contributed by atoms with Crippen LogP contribution in [0.5, 0.6) is 5.75 Å². The molecule has 3 rings (SSSR count). The number of amides is 1. The van der Waals surface area contributed by atoms with E-state index in [4.69, 9.17) is 4.74 Å². The number of hydrogen-bond acceptors (Lipinski definition) is 4. The fourth-order valence-electron chi connectivity index (χ4n) is 2.76. The third-order valence-electron chi connectivity index (χ3n) is 4.01. The average molecular weight is 289 g/mol. The van der Waals surface area contributed by atoms with Crippen LogP contribution >= 0.6 is 0 Å².